The number of hydrogen-bond acceptors (Lipinski definition) is 6. The largest absolute Gasteiger partial charge is 0.479 e. The van der Waals surface area contributed by atoms with E-state index in [1.54, 1.807) is 20.8 Å². The van der Waals surface area contributed by atoms with Gasteiger partial charge in [0.25, 0.3) is 5.91 Å². The number of carbonyl (C=O) groups is 2. The molecular weight excluding hydrogens is 529 g/mol. The molecular formula is C29H31F3N2O4S. The molecule has 0 bridgehead atoms. The molecule has 1 saturated heterocycles. The first kappa shape index (κ1) is 28.6. The van der Waals surface area contributed by atoms with E-state index in [2.05, 4.69) is 4.98 Å². The molecule has 1 amide bonds. The average Bonchev–Trinajstić information content (AvgIpc) is 3.30. The number of piperidine rings is 1. The monoisotopic (exact) mass is 560 g/mol. The molecule has 1 aliphatic heterocycles. The Balaban J connectivity index is 1.49. The number of thiazole rings is 1. The molecule has 6 nitrogen and oxygen atoms in total. The van der Waals surface area contributed by atoms with E-state index in [1.807, 2.05) is 30.0 Å². The summed E-state index contributed by atoms with van der Waals surface area (Å²) >= 11 is 1.20. The van der Waals surface area contributed by atoms with Crippen LogP contribution in [0.15, 0.2) is 42.5 Å². The molecule has 1 aliphatic rings. The number of amides is 1. The third kappa shape index (κ3) is 6.61. The first-order valence-corrected chi connectivity index (χ1v) is 13.7. The molecule has 3 aromatic rings. The highest BCUT2D eigenvalue weighted by molar-refractivity contribution is 7.17. The Hall–Kier alpha value is -3.40. The fraction of sp³-hybridized carbons (Fsp3) is 0.414. The first-order valence-electron chi connectivity index (χ1n) is 12.9. The van der Waals surface area contributed by atoms with Crippen LogP contribution in [0, 0.1) is 13.8 Å². The smallest absolute Gasteiger partial charge is 0.416 e. The Kier molecular flexibility index (Phi) is 8.64. The van der Waals surface area contributed by atoms with Gasteiger partial charge in [0, 0.05) is 24.6 Å². The third-order valence-corrected chi connectivity index (χ3v) is 7.96. The molecule has 0 aliphatic carbocycles. The van der Waals surface area contributed by atoms with E-state index in [-0.39, 0.29) is 18.4 Å². The van der Waals surface area contributed by atoms with Crippen LogP contribution in [0.4, 0.5) is 13.2 Å². The zero-order valence-corrected chi connectivity index (χ0v) is 23.1. The topological polar surface area (TPSA) is 68.7 Å². The van der Waals surface area contributed by atoms with Crippen molar-refractivity contribution in [1.82, 2.24) is 9.88 Å². The summed E-state index contributed by atoms with van der Waals surface area (Å²) in [5.41, 5.74) is 2.29. The zero-order chi connectivity index (χ0) is 28.3. The Bertz CT molecular complexity index is 1340. The number of halogens is 3. The maximum absolute atomic E-state index is 13.5. The normalized spacial score (nSPS) is 16.6. The second-order valence-corrected chi connectivity index (χ2v) is 10.6. The van der Waals surface area contributed by atoms with Gasteiger partial charge < -0.3 is 14.4 Å². The molecule has 2 unspecified atom stereocenters. The number of carbonyl (C=O) groups excluding carboxylic acids is 2. The van der Waals surface area contributed by atoms with Gasteiger partial charge in [0.15, 0.2) is 6.10 Å². The summed E-state index contributed by atoms with van der Waals surface area (Å²) in [4.78, 5) is 32.3. The minimum atomic E-state index is -4.41. The lowest BCUT2D eigenvalue weighted by Gasteiger charge is -2.33. The lowest BCUT2D eigenvalue weighted by molar-refractivity contribution is -0.150. The lowest BCUT2D eigenvalue weighted by atomic mass is 9.89. The van der Waals surface area contributed by atoms with Crippen molar-refractivity contribution in [3.63, 3.8) is 0 Å². The van der Waals surface area contributed by atoms with Gasteiger partial charge in [0.1, 0.15) is 15.6 Å². The second-order valence-electron chi connectivity index (χ2n) is 9.64. The molecule has 1 fully saturated rings. The summed E-state index contributed by atoms with van der Waals surface area (Å²) < 4.78 is 49.7. The number of aromatic nitrogens is 1. The van der Waals surface area contributed by atoms with Crippen molar-refractivity contribution >= 4 is 23.2 Å². The van der Waals surface area contributed by atoms with E-state index in [0.717, 1.165) is 36.1 Å². The van der Waals surface area contributed by atoms with Crippen LogP contribution in [0.3, 0.4) is 0 Å². The van der Waals surface area contributed by atoms with Gasteiger partial charge in [-0.2, -0.15) is 13.2 Å². The number of hydrogen-bond donors (Lipinski definition) is 0. The lowest BCUT2D eigenvalue weighted by Crippen LogP contribution is -2.39. The molecule has 1 aromatic heterocycles. The fourth-order valence-electron chi connectivity index (χ4n) is 4.59. The Morgan fingerprint density at radius 3 is 2.54 bits per heavy atom. The number of benzene rings is 2. The predicted octanol–water partition coefficient (Wildman–Crippen LogP) is 6.80. The molecule has 0 radical (unpaired) electrons. The molecule has 39 heavy (non-hydrogen) atoms. The van der Waals surface area contributed by atoms with Crippen molar-refractivity contribution in [1.29, 1.82) is 0 Å². The minimum Gasteiger partial charge on any atom is -0.479 e. The van der Waals surface area contributed by atoms with Crippen molar-refractivity contribution in [3.05, 3.63) is 69.7 Å². The molecule has 2 aromatic carbocycles. The van der Waals surface area contributed by atoms with Crippen LogP contribution in [0.25, 0.3) is 10.6 Å². The quantitative estimate of drug-likeness (QED) is 0.298. The third-order valence-electron chi connectivity index (χ3n) is 6.76. The van der Waals surface area contributed by atoms with Crippen molar-refractivity contribution in [2.45, 2.75) is 58.7 Å². The highest BCUT2D eigenvalue weighted by Gasteiger charge is 2.31. The van der Waals surface area contributed by atoms with Gasteiger partial charge >= 0.3 is 12.1 Å². The average molecular weight is 561 g/mol. The van der Waals surface area contributed by atoms with Gasteiger partial charge in [0.2, 0.25) is 0 Å². The van der Waals surface area contributed by atoms with E-state index < -0.39 is 23.8 Å². The van der Waals surface area contributed by atoms with E-state index in [1.165, 1.54) is 23.5 Å². The molecule has 0 spiro atoms. The predicted molar refractivity (Wildman–Crippen MR) is 143 cm³/mol. The summed E-state index contributed by atoms with van der Waals surface area (Å²) in [6.07, 6.45) is -3.43. The second kappa shape index (κ2) is 11.8. The number of alkyl halides is 3. The van der Waals surface area contributed by atoms with E-state index in [0.29, 0.717) is 40.0 Å². The van der Waals surface area contributed by atoms with Gasteiger partial charge in [-0.25, -0.2) is 9.78 Å². The van der Waals surface area contributed by atoms with Crippen LogP contribution < -0.4 is 4.74 Å². The van der Waals surface area contributed by atoms with Crippen molar-refractivity contribution in [2.75, 3.05) is 19.7 Å². The van der Waals surface area contributed by atoms with Crippen LogP contribution in [0.2, 0.25) is 0 Å². The standard InChI is InChI=1S/C29H31F3N2O4S/c1-5-37-28(36)19(4)38-24-15-21(9-8-17(24)2)22-7-6-14-34(16-22)27(35)25-18(3)33-26(39-25)20-10-12-23(13-11-20)29(30,31)32/h8-13,15,19,22H,5-7,14,16H2,1-4H3. The fourth-order valence-corrected chi connectivity index (χ4v) is 5.63. The van der Waals surface area contributed by atoms with Crippen LogP contribution in [0.5, 0.6) is 5.75 Å². The number of likely N-dealkylation sites (tertiary alicyclic amines) is 1. The molecule has 10 heteroatoms. The van der Waals surface area contributed by atoms with Gasteiger partial charge in [0.05, 0.1) is 17.9 Å². The van der Waals surface area contributed by atoms with E-state index in [9.17, 15) is 22.8 Å². The van der Waals surface area contributed by atoms with Gasteiger partial charge in [-0.1, -0.05) is 24.3 Å². The molecule has 0 N–H and O–H groups in total. The van der Waals surface area contributed by atoms with Crippen LogP contribution in [-0.4, -0.2) is 47.6 Å². The van der Waals surface area contributed by atoms with Crippen molar-refractivity contribution < 1.29 is 32.2 Å². The summed E-state index contributed by atoms with van der Waals surface area (Å²) in [7, 11) is 0. The van der Waals surface area contributed by atoms with E-state index >= 15 is 0 Å². The first-order chi connectivity index (χ1) is 18.5. The Morgan fingerprint density at radius 1 is 1.15 bits per heavy atom. The van der Waals surface area contributed by atoms with Crippen LogP contribution >= 0.6 is 11.3 Å². The van der Waals surface area contributed by atoms with Crippen molar-refractivity contribution in [3.8, 4) is 16.3 Å². The molecule has 2 heterocycles. The SMILES string of the molecule is CCOC(=O)C(C)Oc1cc(C2CCCN(C(=O)c3sc(-c4ccc(C(F)(F)F)cc4)nc3C)C2)ccc1C. The summed E-state index contributed by atoms with van der Waals surface area (Å²) in [5.74, 6) is 0.141. The maximum Gasteiger partial charge on any atom is 0.416 e. The summed E-state index contributed by atoms with van der Waals surface area (Å²) in [6.45, 7) is 8.46. The van der Waals surface area contributed by atoms with Crippen molar-refractivity contribution in [2.24, 2.45) is 0 Å². The highest BCUT2D eigenvalue weighted by Crippen LogP contribution is 2.35. The van der Waals surface area contributed by atoms with Gasteiger partial charge in [-0.05, 0) is 69.9 Å². The summed E-state index contributed by atoms with van der Waals surface area (Å²) in [6, 6.07) is 10.7. The zero-order valence-electron chi connectivity index (χ0n) is 22.3. The maximum atomic E-state index is 13.5. The highest BCUT2D eigenvalue weighted by atomic mass is 32.1. The number of rotatable bonds is 7. The van der Waals surface area contributed by atoms with E-state index in [4.69, 9.17) is 9.47 Å². The number of ether oxygens (including phenoxy) is 2. The van der Waals surface area contributed by atoms with Crippen LogP contribution in [0.1, 0.15) is 64.7 Å². The molecule has 0 saturated carbocycles. The molecule has 208 valence electrons. The number of aryl methyl sites for hydroxylation is 2. The molecule has 2 atom stereocenters. The number of nitrogens with zero attached hydrogens (tertiary/aromatic N) is 2. The van der Waals surface area contributed by atoms with Crippen LogP contribution in [-0.2, 0) is 15.7 Å². The Labute approximate surface area is 229 Å². The van der Waals surface area contributed by atoms with Gasteiger partial charge in [-0.3, -0.25) is 4.79 Å². The molecule has 4 rings (SSSR count). The Morgan fingerprint density at radius 2 is 1.87 bits per heavy atom. The minimum absolute atomic E-state index is 0.0890. The van der Waals surface area contributed by atoms with Gasteiger partial charge in [-0.15, -0.1) is 11.3 Å². The summed E-state index contributed by atoms with van der Waals surface area (Å²) in [5, 5.41) is 0.508. The number of esters is 1.